The molecule has 0 aliphatic heterocycles. The highest BCUT2D eigenvalue weighted by atomic mass is 79.9. The Labute approximate surface area is 137 Å². The van der Waals surface area contributed by atoms with Crippen molar-refractivity contribution in [2.75, 3.05) is 5.32 Å². The maximum absolute atomic E-state index is 12.7. The fourth-order valence-electron chi connectivity index (χ4n) is 2.65. The van der Waals surface area contributed by atoms with Crippen LogP contribution >= 0.6 is 15.9 Å². The number of nitrogens with zero attached hydrogens (tertiary/aromatic N) is 2. The van der Waals surface area contributed by atoms with Crippen molar-refractivity contribution in [2.24, 2.45) is 0 Å². The van der Waals surface area contributed by atoms with E-state index in [4.69, 9.17) is 0 Å². The smallest absolute Gasteiger partial charge is 0.274 e. The molecule has 0 saturated carbocycles. The number of benzene rings is 1. The quantitative estimate of drug-likeness (QED) is 0.744. The number of amides is 1. The fraction of sp³-hybridized carbons (Fsp3) is 0.176. The van der Waals surface area contributed by atoms with Gasteiger partial charge in [0.15, 0.2) is 0 Å². The summed E-state index contributed by atoms with van der Waals surface area (Å²) in [6.07, 6.45) is 1.85. The van der Waals surface area contributed by atoms with Crippen molar-refractivity contribution in [2.45, 2.75) is 20.8 Å². The van der Waals surface area contributed by atoms with Crippen molar-refractivity contribution in [3.63, 3.8) is 0 Å². The minimum Gasteiger partial charge on any atom is -0.321 e. The lowest BCUT2D eigenvalue weighted by atomic mass is 10.1. The summed E-state index contributed by atoms with van der Waals surface area (Å²) in [6, 6.07) is 9.78. The SMILES string of the molecule is Cc1cc(C)cc(NC(=O)c2c(C)nc3ccc(Br)cn23)c1. The Bertz CT molecular complexity index is 863. The molecule has 5 heteroatoms. The van der Waals surface area contributed by atoms with Gasteiger partial charge in [-0.2, -0.15) is 0 Å². The Hall–Kier alpha value is -2.14. The summed E-state index contributed by atoms with van der Waals surface area (Å²) in [5.41, 5.74) is 5.05. The summed E-state index contributed by atoms with van der Waals surface area (Å²) >= 11 is 3.43. The molecular weight excluding hydrogens is 342 g/mol. The zero-order chi connectivity index (χ0) is 15.9. The number of fused-ring (bicyclic) bond motifs is 1. The second-order valence-electron chi connectivity index (χ2n) is 5.45. The van der Waals surface area contributed by atoms with Crippen molar-refractivity contribution in [3.05, 3.63) is 63.5 Å². The first-order valence-electron chi connectivity index (χ1n) is 6.98. The van der Waals surface area contributed by atoms with E-state index >= 15 is 0 Å². The average Bonchev–Trinajstić information content (AvgIpc) is 2.72. The summed E-state index contributed by atoms with van der Waals surface area (Å²) in [4.78, 5) is 17.1. The topological polar surface area (TPSA) is 46.4 Å². The third-order valence-corrected chi connectivity index (χ3v) is 3.92. The van der Waals surface area contributed by atoms with Crippen LogP contribution in [-0.4, -0.2) is 15.3 Å². The van der Waals surface area contributed by atoms with Gasteiger partial charge in [0.05, 0.1) is 5.69 Å². The van der Waals surface area contributed by atoms with Gasteiger partial charge in [-0.25, -0.2) is 4.98 Å². The van der Waals surface area contributed by atoms with E-state index in [1.807, 2.05) is 51.2 Å². The van der Waals surface area contributed by atoms with Gasteiger partial charge < -0.3 is 5.32 Å². The Morgan fingerprint density at radius 1 is 1.14 bits per heavy atom. The van der Waals surface area contributed by atoms with E-state index in [0.717, 1.165) is 26.9 Å². The van der Waals surface area contributed by atoms with Crippen molar-refractivity contribution in [1.29, 1.82) is 0 Å². The first-order valence-corrected chi connectivity index (χ1v) is 7.77. The third kappa shape index (κ3) is 2.76. The number of rotatable bonds is 2. The van der Waals surface area contributed by atoms with E-state index in [9.17, 15) is 4.79 Å². The van der Waals surface area contributed by atoms with Gasteiger partial charge in [0.1, 0.15) is 11.3 Å². The zero-order valence-electron chi connectivity index (χ0n) is 12.6. The Morgan fingerprint density at radius 3 is 2.50 bits per heavy atom. The number of pyridine rings is 1. The second-order valence-corrected chi connectivity index (χ2v) is 6.37. The normalized spacial score (nSPS) is 10.9. The molecule has 1 aromatic carbocycles. The van der Waals surface area contributed by atoms with Gasteiger partial charge in [0.25, 0.3) is 5.91 Å². The van der Waals surface area contributed by atoms with Crippen molar-refractivity contribution >= 4 is 33.2 Å². The maximum Gasteiger partial charge on any atom is 0.274 e. The molecule has 0 aliphatic rings. The van der Waals surface area contributed by atoms with Crippen LogP contribution in [0.5, 0.6) is 0 Å². The molecule has 1 amide bonds. The summed E-state index contributed by atoms with van der Waals surface area (Å²) in [5, 5.41) is 2.96. The molecule has 4 nitrogen and oxygen atoms in total. The van der Waals surface area contributed by atoms with Gasteiger partial charge in [-0.05, 0) is 72.1 Å². The van der Waals surface area contributed by atoms with E-state index in [-0.39, 0.29) is 5.91 Å². The molecule has 0 unspecified atom stereocenters. The summed E-state index contributed by atoms with van der Waals surface area (Å²) in [6.45, 7) is 5.87. The lowest BCUT2D eigenvalue weighted by molar-refractivity contribution is 0.102. The van der Waals surface area contributed by atoms with Gasteiger partial charge in [-0.1, -0.05) is 6.07 Å². The number of hydrogen-bond acceptors (Lipinski definition) is 2. The lowest BCUT2D eigenvalue weighted by Crippen LogP contribution is -2.15. The average molecular weight is 358 g/mol. The van der Waals surface area contributed by atoms with Crippen LogP contribution in [0.4, 0.5) is 5.69 Å². The van der Waals surface area contributed by atoms with Gasteiger partial charge in [0.2, 0.25) is 0 Å². The standard InChI is InChI=1S/C17H16BrN3O/c1-10-6-11(2)8-14(7-10)20-17(22)16-12(3)19-15-5-4-13(18)9-21(15)16/h4-9H,1-3H3,(H,20,22). The molecule has 0 atom stereocenters. The molecule has 0 radical (unpaired) electrons. The molecule has 1 N–H and O–H groups in total. The molecule has 3 aromatic rings. The number of halogens is 1. The van der Waals surface area contributed by atoms with Crippen LogP contribution in [0.1, 0.15) is 27.3 Å². The number of hydrogen-bond donors (Lipinski definition) is 1. The molecular formula is C17H16BrN3O. The van der Waals surface area contributed by atoms with Crippen LogP contribution in [0.2, 0.25) is 0 Å². The van der Waals surface area contributed by atoms with Gasteiger partial charge in [-0.15, -0.1) is 0 Å². The van der Waals surface area contributed by atoms with E-state index < -0.39 is 0 Å². The number of carbonyl (C=O) groups is 1. The molecule has 0 spiro atoms. The van der Waals surface area contributed by atoms with Crippen LogP contribution in [0.15, 0.2) is 41.0 Å². The predicted molar refractivity (Wildman–Crippen MR) is 91.5 cm³/mol. The van der Waals surface area contributed by atoms with E-state index in [2.05, 4.69) is 32.3 Å². The van der Waals surface area contributed by atoms with Gasteiger partial charge in [-0.3, -0.25) is 9.20 Å². The zero-order valence-corrected chi connectivity index (χ0v) is 14.2. The van der Waals surface area contributed by atoms with Crippen LogP contribution in [0, 0.1) is 20.8 Å². The largest absolute Gasteiger partial charge is 0.321 e. The minimum atomic E-state index is -0.159. The molecule has 0 fully saturated rings. The molecule has 2 heterocycles. The maximum atomic E-state index is 12.7. The molecule has 0 bridgehead atoms. The highest BCUT2D eigenvalue weighted by molar-refractivity contribution is 9.10. The van der Waals surface area contributed by atoms with E-state index in [1.165, 1.54) is 0 Å². The molecule has 0 saturated heterocycles. The number of anilines is 1. The van der Waals surface area contributed by atoms with Gasteiger partial charge in [0, 0.05) is 16.4 Å². The van der Waals surface area contributed by atoms with Crippen LogP contribution in [-0.2, 0) is 0 Å². The van der Waals surface area contributed by atoms with E-state index in [0.29, 0.717) is 11.4 Å². The monoisotopic (exact) mass is 357 g/mol. The Kier molecular flexibility index (Phi) is 3.74. The van der Waals surface area contributed by atoms with Crippen molar-refractivity contribution in [3.8, 4) is 0 Å². The number of aromatic nitrogens is 2. The van der Waals surface area contributed by atoms with Crippen molar-refractivity contribution < 1.29 is 4.79 Å². The predicted octanol–water partition coefficient (Wildman–Crippen LogP) is 4.27. The number of aryl methyl sites for hydroxylation is 3. The lowest BCUT2D eigenvalue weighted by Gasteiger charge is -2.08. The summed E-state index contributed by atoms with van der Waals surface area (Å²) < 4.78 is 2.70. The second kappa shape index (κ2) is 5.57. The number of nitrogens with one attached hydrogen (secondary N) is 1. The first kappa shape index (κ1) is 14.8. The molecule has 22 heavy (non-hydrogen) atoms. The van der Waals surface area contributed by atoms with Crippen LogP contribution in [0.25, 0.3) is 5.65 Å². The summed E-state index contributed by atoms with van der Waals surface area (Å²) in [5.74, 6) is -0.159. The first-order chi connectivity index (χ1) is 10.4. The molecule has 112 valence electrons. The Balaban J connectivity index is 2.01. The van der Waals surface area contributed by atoms with Crippen LogP contribution < -0.4 is 5.32 Å². The summed E-state index contributed by atoms with van der Waals surface area (Å²) in [7, 11) is 0. The fourth-order valence-corrected chi connectivity index (χ4v) is 2.98. The van der Waals surface area contributed by atoms with E-state index in [1.54, 1.807) is 4.40 Å². The minimum absolute atomic E-state index is 0.159. The van der Waals surface area contributed by atoms with Gasteiger partial charge >= 0.3 is 0 Å². The highest BCUT2D eigenvalue weighted by Gasteiger charge is 2.17. The highest BCUT2D eigenvalue weighted by Crippen LogP contribution is 2.19. The van der Waals surface area contributed by atoms with Crippen LogP contribution in [0.3, 0.4) is 0 Å². The number of carbonyl (C=O) groups excluding carboxylic acids is 1. The number of imidazole rings is 1. The Morgan fingerprint density at radius 2 is 1.82 bits per heavy atom. The molecule has 3 rings (SSSR count). The third-order valence-electron chi connectivity index (χ3n) is 3.45. The molecule has 0 aliphatic carbocycles. The molecule has 2 aromatic heterocycles. The van der Waals surface area contributed by atoms with Crippen molar-refractivity contribution in [1.82, 2.24) is 9.38 Å².